The molecule has 0 bridgehead atoms. The molecule has 0 saturated carbocycles. The standard InChI is InChI=1S/C12H13NO/c14-8-9-5-11-6-10-3-1-2-4-12(10)13(11)7-9/h1-4,6,9,14H,5,7-8H2/t9-/m0/s1. The molecule has 0 unspecified atom stereocenters. The lowest BCUT2D eigenvalue weighted by atomic mass is 10.1. The van der Waals surface area contributed by atoms with Crippen molar-refractivity contribution >= 4 is 10.9 Å². The molecular weight excluding hydrogens is 174 g/mol. The number of aromatic nitrogens is 1. The highest BCUT2D eigenvalue weighted by Gasteiger charge is 2.22. The molecule has 0 radical (unpaired) electrons. The van der Waals surface area contributed by atoms with Crippen molar-refractivity contribution < 1.29 is 5.11 Å². The highest BCUT2D eigenvalue weighted by Crippen LogP contribution is 2.28. The van der Waals surface area contributed by atoms with E-state index in [1.54, 1.807) is 0 Å². The highest BCUT2D eigenvalue weighted by molar-refractivity contribution is 5.81. The molecule has 0 amide bonds. The Morgan fingerprint density at radius 3 is 3.07 bits per heavy atom. The number of fused-ring (bicyclic) bond motifs is 3. The van der Waals surface area contributed by atoms with Crippen LogP contribution in [0.2, 0.25) is 0 Å². The molecule has 1 aliphatic heterocycles. The zero-order valence-corrected chi connectivity index (χ0v) is 7.98. The Kier molecular flexibility index (Phi) is 1.64. The van der Waals surface area contributed by atoms with E-state index in [0.29, 0.717) is 12.5 Å². The number of benzene rings is 1. The fourth-order valence-electron chi connectivity index (χ4n) is 2.39. The molecule has 1 N–H and O–H groups in total. The summed E-state index contributed by atoms with van der Waals surface area (Å²) in [5.74, 6) is 0.426. The Labute approximate surface area is 82.8 Å². The van der Waals surface area contributed by atoms with Crippen LogP contribution >= 0.6 is 0 Å². The Bertz CT molecular complexity index is 472. The van der Waals surface area contributed by atoms with E-state index in [2.05, 4.69) is 34.9 Å². The van der Waals surface area contributed by atoms with Gasteiger partial charge in [0.15, 0.2) is 0 Å². The predicted molar refractivity (Wildman–Crippen MR) is 56.2 cm³/mol. The summed E-state index contributed by atoms with van der Waals surface area (Å²) in [6, 6.07) is 10.7. The largest absolute Gasteiger partial charge is 0.396 e. The van der Waals surface area contributed by atoms with E-state index in [-0.39, 0.29) is 0 Å². The molecule has 3 rings (SSSR count). The van der Waals surface area contributed by atoms with Gasteiger partial charge in [-0.15, -0.1) is 0 Å². The molecule has 0 spiro atoms. The molecular formula is C12H13NO. The summed E-state index contributed by atoms with van der Waals surface area (Å²) in [6.45, 7) is 1.27. The number of rotatable bonds is 1. The lowest BCUT2D eigenvalue weighted by Crippen LogP contribution is -2.06. The number of hydrogen-bond acceptors (Lipinski definition) is 1. The number of aliphatic hydroxyl groups excluding tert-OH is 1. The molecule has 0 aliphatic carbocycles. The summed E-state index contributed by atoms with van der Waals surface area (Å²) in [6.07, 6.45) is 1.02. The Hall–Kier alpha value is -1.28. The van der Waals surface area contributed by atoms with Crippen molar-refractivity contribution in [1.82, 2.24) is 4.57 Å². The van der Waals surface area contributed by atoms with Crippen molar-refractivity contribution in [1.29, 1.82) is 0 Å². The van der Waals surface area contributed by atoms with E-state index in [0.717, 1.165) is 13.0 Å². The summed E-state index contributed by atoms with van der Waals surface area (Å²) in [5.41, 5.74) is 2.67. The van der Waals surface area contributed by atoms with Gasteiger partial charge in [0.05, 0.1) is 0 Å². The fraction of sp³-hybridized carbons (Fsp3) is 0.333. The van der Waals surface area contributed by atoms with Gasteiger partial charge in [0, 0.05) is 30.3 Å². The third-order valence-corrected chi connectivity index (χ3v) is 3.09. The van der Waals surface area contributed by atoms with Gasteiger partial charge in [-0.05, 0) is 23.9 Å². The molecule has 1 atom stereocenters. The molecule has 2 aromatic rings. The number of nitrogens with zero attached hydrogens (tertiary/aromatic N) is 1. The minimum absolute atomic E-state index is 0.302. The third-order valence-electron chi connectivity index (χ3n) is 3.09. The predicted octanol–water partition coefficient (Wildman–Crippen LogP) is 1.81. The average molecular weight is 187 g/mol. The fourth-order valence-corrected chi connectivity index (χ4v) is 2.39. The van der Waals surface area contributed by atoms with Gasteiger partial charge in [0.25, 0.3) is 0 Å². The molecule has 2 heterocycles. The maximum Gasteiger partial charge on any atom is 0.0482 e. The SMILES string of the molecule is OC[C@H]1Cc2cc3ccccc3n2C1. The zero-order chi connectivity index (χ0) is 9.54. The van der Waals surface area contributed by atoms with E-state index in [9.17, 15) is 0 Å². The molecule has 1 aliphatic rings. The Morgan fingerprint density at radius 1 is 1.36 bits per heavy atom. The van der Waals surface area contributed by atoms with Gasteiger partial charge < -0.3 is 9.67 Å². The van der Waals surface area contributed by atoms with Crippen molar-refractivity contribution in [3.05, 3.63) is 36.0 Å². The van der Waals surface area contributed by atoms with Crippen LogP contribution in [0.25, 0.3) is 10.9 Å². The Morgan fingerprint density at radius 2 is 2.21 bits per heavy atom. The summed E-state index contributed by atoms with van der Waals surface area (Å²) < 4.78 is 2.33. The smallest absolute Gasteiger partial charge is 0.0482 e. The normalized spacial score (nSPS) is 20.2. The first-order chi connectivity index (χ1) is 6.88. The van der Waals surface area contributed by atoms with Gasteiger partial charge in [-0.3, -0.25) is 0 Å². The van der Waals surface area contributed by atoms with Crippen LogP contribution in [0, 0.1) is 5.92 Å². The van der Waals surface area contributed by atoms with Crippen LogP contribution in [-0.4, -0.2) is 16.3 Å². The van der Waals surface area contributed by atoms with E-state index < -0.39 is 0 Å². The number of para-hydroxylation sites is 1. The van der Waals surface area contributed by atoms with Crippen LogP contribution in [-0.2, 0) is 13.0 Å². The topological polar surface area (TPSA) is 25.2 Å². The van der Waals surface area contributed by atoms with Gasteiger partial charge in [-0.25, -0.2) is 0 Å². The maximum atomic E-state index is 9.12. The molecule has 1 aromatic heterocycles. The van der Waals surface area contributed by atoms with Gasteiger partial charge >= 0.3 is 0 Å². The minimum atomic E-state index is 0.302. The molecule has 0 fully saturated rings. The molecule has 2 nitrogen and oxygen atoms in total. The lowest BCUT2D eigenvalue weighted by molar-refractivity contribution is 0.225. The summed E-state index contributed by atoms with van der Waals surface area (Å²) in [4.78, 5) is 0. The summed E-state index contributed by atoms with van der Waals surface area (Å²) in [5, 5.41) is 10.4. The monoisotopic (exact) mass is 187 g/mol. The quantitative estimate of drug-likeness (QED) is 0.723. The first kappa shape index (κ1) is 8.06. The molecule has 1 aromatic carbocycles. The van der Waals surface area contributed by atoms with Gasteiger partial charge in [-0.1, -0.05) is 18.2 Å². The van der Waals surface area contributed by atoms with Crippen molar-refractivity contribution in [2.45, 2.75) is 13.0 Å². The van der Waals surface area contributed by atoms with Crippen molar-refractivity contribution in [2.75, 3.05) is 6.61 Å². The summed E-state index contributed by atoms with van der Waals surface area (Å²) in [7, 11) is 0. The van der Waals surface area contributed by atoms with Crippen LogP contribution in [0.3, 0.4) is 0 Å². The molecule has 72 valence electrons. The second kappa shape index (κ2) is 2.85. The van der Waals surface area contributed by atoms with Crippen LogP contribution in [0.15, 0.2) is 30.3 Å². The van der Waals surface area contributed by atoms with Gasteiger partial charge in [0.2, 0.25) is 0 Å². The van der Waals surface area contributed by atoms with Crippen LogP contribution < -0.4 is 0 Å². The highest BCUT2D eigenvalue weighted by atomic mass is 16.3. The van der Waals surface area contributed by atoms with E-state index >= 15 is 0 Å². The number of hydrogen-bond donors (Lipinski definition) is 1. The zero-order valence-electron chi connectivity index (χ0n) is 7.98. The van der Waals surface area contributed by atoms with Crippen LogP contribution in [0.5, 0.6) is 0 Å². The van der Waals surface area contributed by atoms with Gasteiger partial charge in [-0.2, -0.15) is 0 Å². The lowest BCUT2D eigenvalue weighted by Gasteiger charge is -2.04. The molecule has 0 saturated heterocycles. The first-order valence-electron chi connectivity index (χ1n) is 5.06. The number of aliphatic hydroxyl groups is 1. The molecule has 14 heavy (non-hydrogen) atoms. The second-order valence-electron chi connectivity index (χ2n) is 4.06. The van der Waals surface area contributed by atoms with E-state index in [1.807, 2.05) is 0 Å². The molecule has 2 heteroatoms. The average Bonchev–Trinajstić information content (AvgIpc) is 2.73. The third kappa shape index (κ3) is 1.01. The van der Waals surface area contributed by atoms with Crippen molar-refractivity contribution in [3.63, 3.8) is 0 Å². The second-order valence-corrected chi connectivity index (χ2v) is 4.06. The van der Waals surface area contributed by atoms with Crippen LogP contribution in [0.4, 0.5) is 0 Å². The van der Waals surface area contributed by atoms with Gasteiger partial charge in [0.1, 0.15) is 0 Å². The van der Waals surface area contributed by atoms with Crippen molar-refractivity contribution in [2.24, 2.45) is 5.92 Å². The summed E-state index contributed by atoms with van der Waals surface area (Å²) >= 11 is 0. The maximum absolute atomic E-state index is 9.12. The van der Waals surface area contributed by atoms with Crippen molar-refractivity contribution in [3.8, 4) is 0 Å². The first-order valence-corrected chi connectivity index (χ1v) is 5.06. The van der Waals surface area contributed by atoms with Crippen LogP contribution in [0.1, 0.15) is 5.69 Å². The van der Waals surface area contributed by atoms with E-state index in [4.69, 9.17) is 5.11 Å². The minimum Gasteiger partial charge on any atom is -0.396 e. The Balaban J connectivity index is 2.16. The van der Waals surface area contributed by atoms with E-state index in [1.165, 1.54) is 16.6 Å².